The minimum Gasteiger partial charge on any atom is -0.390 e. The lowest BCUT2D eigenvalue weighted by Gasteiger charge is -2.12. The highest BCUT2D eigenvalue weighted by atomic mass is 31.2. The first-order valence-corrected chi connectivity index (χ1v) is 4.85. The Labute approximate surface area is 74.7 Å². The van der Waals surface area contributed by atoms with Crippen LogP contribution in [0.15, 0.2) is 9.59 Å². The predicted octanol–water partition coefficient (Wildman–Crippen LogP) is -2.04. The molecule has 10 heteroatoms. The lowest BCUT2D eigenvalue weighted by molar-refractivity contribution is 0.108. The van der Waals surface area contributed by atoms with Crippen LogP contribution in [0.4, 0.5) is 5.69 Å². The van der Waals surface area contributed by atoms with Gasteiger partial charge in [0.05, 0.1) is 0 Å². The maximum Gasteiger partial charge on any atom is 0.688 e. The van der Waals surface area contributed by atoms with Crippen LogP contribution in [0.25, 0.3) is 0 Å². The Hall–Kier alpha value is -1.89. The normalized spacial score (nSPS) is 25.4. The lowest BCUT2D eigenvalue weighted by Crippen LogP contribution is -2.46. The number of nitrogens with two attached hydrogens (primary N) is 1. The third-order valence-corrected chi connectivity index (χ3v) is 2.86. The summed E-state index contributed by atoms with van der Waals surface area (Å²) in [6, 6.07) is 0. The van der Waals surface area contributed by atoms with Crippen molar-refractivity contribution in [3.63, 3.8) is 0 Å². The van der Waals surface area contributed by atoms with E-state index in [-0.39, 0.29) is 16.3 Å². The fourth-order valence-electron chi connectivity index (χ4n) is 1.15. The first-order valence-electron chi connectivity index (χ1n) is 3.39. The number of hydrogen-bond acceptors (Lipinski definition) is 7. The molecule has 1 atom stereocenters. The molecule has 0 saturated heterocycles. The molecule has 0 radical (unpaired) electrons. The Kier molecular flexibility index (Phi) is 0.966. The van der Waals surface area contributed by atoms with E-state index in [0.717, 1.165) is 0 Å². The van der Waals surface area contributed by atoms with E-state index in [1.54, 1.807) is 0 Å². The number of nitrogen functional groups attached to an aromatic ring is 1. The van der Waals surface area contributed by atoms with E-state index in [0.29, 0.717) is 4.73 Å². The largest absolute Gasteiger partial charge is 0.688 e. The minimum absolute atomic E-state index is 0.246. The SMILES string of the molecule is Nc1c2n3c(=O)n(c1=O)OP(=O)(O2)O3. The molecule has 1 aromatic rings. The van der Waals surface area contributed by atoms with Crippen LogP contribution in [0.1, 0.15) is 0 Å². The molecule has 1 aromatic heterocycles. The zero-order chi connectivity index (χ0) is 10.1. The fourth-order valence-corrected chi connectivity index (χ4v) is 2.32. The summed E-state index contributed by atoms with van der Waals surface area (Å²) in [5.41, 5.74) is 3.04. The van der Waals surface area contributed by atoms with Gasteiger partial charge in [-0.15, -0.1) is 0 Å². The molecule has 3 rings (SSSR count). The van der Waals surface area contributed by atoms with Crippen LogP contribution in [0, 0.1) is 0 Å². The second-order valence-electron chi connectivity index (χ2n) is 2.60. The second-order valence-corrected chi connectivity index (χ2v) is 4.00. The first-order chi connectivity index (χ1) is 6.52. The lowest BCUT2D eigenvalue weighted by atomic mass is 10.5. The zero-order valence-corrected chi connectivity index (χ0v) is 7.26. The Morgan fingerprint density at radius 2 is 1.86 bits per heavy atom. The van der Waals surface area contributed by atoms with Gasteiger partial charge in [-0.25, -0.2) is 4.79 Å². The number of aromatic nitrogens is 2. The summed E-state index contributed by atoms with van der Waals surface area (Å²) in [6.07, 6.45) is 0. The van der Waals surface area contributed by atoms with Gasteiger partial charge in [0.15, 0.2) is 5.69 Å². The van der Waals surface area contributed by atoms with Gasteiger partial charge < -0.3 is 10.3 Å². The van der Waals surface area contributed by atoms with Gasteiger partial charge in [0.2, 0.25) is 0 Å². The molecule has 0 saturated carbocycles. The molecule has 2 aliphatic rings. The van der Waals surface area contributed by atoms with Gasteiger partial charge in [-0.3, -0.25) is 14.0 Å². The summed E-state index contributed by atoms with van der Waals surface area (Å²) in [5.74, 6) is -0.378. The Morgan fingerprint density at radius 1 is 1.21 bits per heavy atom. The summed E-state index contributed by atoms with van der Waals surface area (Å²) in [4.78, 5) is 22.5. The van der Waals surface area contributed by atoms with Crippen molar-refractivity contribution in [1.29, 1.82) is 0 Å². The molecule has 0 aromatic carbocycles. The van der Waals surface area contributed by atoms with Gasteiger partial charge in [0.1, 0.15) is 0 Å². The molecule has 9 nitrogen and oxygen atoms in total. The summed E-state index contributed by atoms with van der Waals surface area (Å²) in [7, 11) is -3.91. The van der Waals surface area contributed by atoms with Crippen LogP contribution in [-0.2, 0) is 4.57 Å². The first kappa shape index (κ1) is 7.51. The zero-order valence-electron chi connectivity index (χ0n) is 6.37. The van der Waals surface area contributed by atoms with Gasteiger partial charge in [-0.05, 0) is 0 Å². The van der Waals surface area contributed by atoms with Crippen LogP contribution < -0.4 is 30.8 Å². The number of hydrogen-bond donors (Lipinski definition) is 1. The Morgan fingerprint density at radius 3 is 2.57 bits per heavy atom. The molecule has 0 fully saturated rings. The Bertz CT molecular complexity index is 601. The van der Waals surface area contributed by atoms with Gasteiger partial charge in [-0.2, -0.15) is 4.57 Å². The molecular weight excluding hydrogens is 217 g/mol. The molecule has 0 aliphatic carbocycles. The van der Waals surface area contributed by atoms with Crippen LogP contribution >= 0.6 is 7.82 Å². The highest BCUT2D eigenvalue weighted by Gasteiger charge is 2.50. The van der Waals surface area contributed by atoms with Gasteiger partial charge in [0, 0.05) is 0 Å². The number of anilines is 1. The number of rotatable bonds is 0. The van der Waals surface area contributed by atoms with Gasteiger partial charge in [0.25, 0.3) is 5.88 Å². The number of nitrogens with zero attached hydrogens (tertiary/aromatic N) is 2. The molecule has 3 heterocycles. The molecule has 2 N–H and O–H groups in total. The van der Waals surface area contributed by atoms with Crippen LogP contribution in [0.3, 0.4) is 0 Å². The van der Waals surface area contributed by atoms with E-state index in [4.69, 9.17) is 5.73 Å². The average molecular weight is 219 g/mol. The topological polar surface area (TPSA) is 115 Å². The maximum absolute atomic E-state index is 11.4. The second kappa shape index (κ2) is 1.80. The van der Waals surface area contributed by atoms with E-state index in [1.807, 2.05) is 0 Å². The molecule has 0 amide bonds. The van der Waals surface area contributed by atoms with E-state index in [1.165, 1.54) is 0 Å². The van der Waals surface area contributed by atoms with E-state index in [9.17, 15) is 14.2 Å². The number of phosphoric acid groups is 1. The summed E-state index contributed by atoms with van der Waals surface area (Å²) in [6.45, 7) is 0. The summed E-state index contributed by atoms with van der Waals surface area (Å²) in [5, 5.41) is 0. The smallest absolute Gasteiger partial charge is 0.390 e. The predicted molar refractivity (Wildman–Crippen MR) is 40.8 cm³/mol. The summed E-state index contributed by atoms with van der Waals surface area (Å²) < 4.78 is 25.7. The van der Waals surface area contributed by atoms with Crippen molar-refractivity contribution >= 4 is 13.5 Å². The van der Waals surface area contributed by atoms with Crippen molar-refractivity contribution in [2.75, 3.05) is 5.73 Å². The van der Waals surface area contributed by atoms with Crippen molar-refractivity contribution in [2.24, 2.45) is 0 Å². The van der Waals surface area contributed by atoms with Crippen LogP contribution in [0.2, 0.25) is 0 Å². The molecule has 74 valence electrons. The highest BCUT2D eigenvalue weighted by Crippen LogP contribution is 2.50. The van der Waals surface area contributed by atoms with Crippen molar-refractivity contribution in [3.05, 3.63) is 20.8 Å². The highest BCUT2D eigenvalue weighted by molar-refractivity contribution is 7.49. The van der Waals surface area contributed by atoms with Gasteiger partial charge in [-0.1, -0.05) is 9.46 Å². The van der Waals surface area contributed by atoms with E-state index >= 15 is 0 Å². The molecule has 2 aliphatic heterocycles. The summed E-state index contributed by atoms with van der Waals surface area (Å²) >= 11 is 0. The third-order valence-electron chi connectivity index (χ3n) is 1.74. The third kappa shape index (κ3) is 0.609. The minimum atomic E-state index is -3.91. The van der Waals surface area contributed by atoms with Gasteiger partial charge >= 0.3 is 19.1 Å². The van der Waals surface area contributed by atoms with Crippen LogP contribution in [-0.4, -0.2) is 9.46 Å². The Balaban J connectivity index is 2.61. The molecule has 3 bridgehead atoms. The molecule has 14 heavy (non-hydrogen) atoms. The monoisotopic (exact) mass is 219 g/mol. The van der Waals surface area contributed by atoms with Crippen molar-refractivity contribution in [2.45, 2.75) is 0 Å². The van der Waals surface area contributed by atoms with E-state index in [2.05, 4.69) is 13.8 Å². The average Bonchev–Trinajstić information content (AvgIpc) is 2.40. The molecular formula is C4H2N3O6P. The van der Waals surface area contributed by atoms with Crippen molar-refractivity contribution in [3.8, 4) is 5.88 Å². The fraction of sp³-hybridized carbons (Fsp3) is 0. The van der Waals surface area contributed by atoms with E-state index < -0.39 is 19.1 Å². The van der Waals surface area contributed by atoms with Crippen molar-refractivity contribution in [1.82, 2.24) is 9.46 Å². The maximum atomic E-state index is 11.4. The van der Waals surface area contributed by atoms with Crippen LogP contribution in [0.5, 0.6) is 5.88 Å². The number of fused-ring (bicyclic) bond motifs is 2. The molecule has 0 spiro atoms. The quantitative estimate of drug-likeness (QED) is 0.500. The molecule has 1 unspecified atom stereocenters. The standard InChI is InChI=1S/C4H2N3O6P/c5-1-2(8)6-4(9)7-3(1)11-14(10,12-6)13-7/h5H2. The van der Waals surface area contributed by atoms with Crippen molar-refractivity contribution < 1.29 is 18.3 Å².